The van der Waals surface area contributed by atoms with Gasteiger partial charge in [-0.1, -0.05) is 42.5 Å². The number of anilines is 1. The van der Waals surface area contributed by atoms with Crippen molar-refractivity contribution in [2.75, 3.05) is 12.3 Å². The Bertz CT molecular complexity index is 654. The fraction of sp³-hybridized carbons (Fsp3) is 0.118. The van der Waals surface area contributed by atoms with Gasteiger partial charge in [0.25, 0.3) is 0 Å². The van der Waals surface area contributed by atoms with Gasteiger partial charge < -0.3 is 20.9 Å². The van der Waals surface area contributed by atoms with E-state index in [1.54, 1.807) is 24.3 Å². The number of alkyl carbamates (subject to hydrolysis) is 1. The van der Waals surface area contributed by atoms with Crippen LogP contribution in [0.3, 0.4) is 0 Å². The molecule has 1 amide bonds. The Hall–Kier alpha value is -2.95. The van der Waals surface area contributed by atoms with E-state index in [-0.39, 0.29) is 12.4 Å². The van der Waals surface area contributed by atoms with Crippen LogP contribution in [0.15, 0.2) is 54.6 Å². The van der Waals surface area contributed by atoms with Gasteiger partial charge in [0.1, 0.15) is 12.4 Å². The molecule has 0 aliphatic heterocycles. The van der Waals surface area contributed by atoms with Crippen LogP contribution in [-0.4, -0.2) is 17.7 Å². The molecule has 0 heterocycles. The third-order valence-corrected chi connectivity index (χ3v) is 2.94. The zero-order chi connectivity index (χ0) is 15.8. The maximum atomic E-state index is 11.5. The number of carbonyl (C=O) groups excluding carboxylic acids is 1. The fourth-order valence-corrected chi connectivity index (χ4v) is 1.82. The van der Waals surface area contributed by atoms with Crippen molar-refractivity contribution < 1.29 is 14.6 Å². The number of ether oxygens (including phenoxy) is 1. The second-order valence-corrected chi connectivity index (χ2v) is 4.66. The monoisotopic (exact) mass is 298 g/mol. The maximum absolute atomic E-state index is 11.5. The highest BCUT2D eigenvalue weighted by molar-refractivity contribution is 5.69. The second kappa shape index (κ2) is 7.73. The molecule has 5 nitrogen and oxygen atoms in total. The minimum Gasteiger partial charge on any atom is -0.508 e. The summed E-state index contributed by atoms with van der Waals surface area (Å²) in [4.78, 5) is 11.5. The fourth-order valence-electron chi connectivity index (χ4n) is 1.82. The summed E-state index contributed by atoms with van der Waals surface area (Å²) in [6.07, 6.45) is 3.05. The van der Waals surface area contributed by atoms with Gasteiger partial charge in [0, 0.05) is 18.3 Å². The minimum absolute atomic E-state index is 0.122. The van der Waals surface area contributed by atoms with E-state index in [9.17, 15) is 9.90 Å². The number of rotatable bonds is 5. The number of hydrogen-bond donors (Lipinski definition) is 3. The van der Waals surface area contributed by atoms with E-state index in [0.717, 1.165) is 11.1 Å². The third kappa shape index (κ3) is 4.86. The van der Waals surface area contributed by atoms with Crippen LogP contribution in [0.25, 0.3) is 6.08 Å². The normalized spacial score (nSPS) is 10.5. The number of amides is 1. The summed E-state index contributed by atoms with van der Waals surface area (Å²) in [5.41, 5.74) is 7.94. The van der Waals surface area contributed by atoms with Gasteiger partial charge in [0.05, 0.1) is 0 Å². The Morgan fingerprint density at radius 2 is 2.00 bits per heavy atom. The molecule has 22 heavy (non-hydrogen) atoms. The minimum atomic E-state index is -0.479. The quantitative estimate of drug-likeness (QED) is 0.741. The molecule has 0 radical (unpaired) electrons. The highest BCUT2D eigenvalue weighted by Gasteiger charge is 2.00. The molecule has 0 bridgehead atoms. The summed E-state index contributed by atoms with van der Waals surface area (Å²) in [5, 5.41) is 11.9. The van der Waals surface area contributed by atoms with Gasteiger partial charge in [-0.25, -0.2) is 4.79 Å². The van der Waals surface area contributed by atoms with Crippen molar-refractivity contribution in [1.82, 2.24) is 5.32 Å². The van der Waals surface area contributed by atoms with Crippen LogP contribution in [0.1, 0.15) is 11.1 Å². The van der Waals surface area contributed by atoms with Gasteiger partial charge in [0.15, 0.2) is 0 Å². The van der Waals surface area contributed by atoms with E-state index in [2.05, 4.69) is 5.32 Å². The first-order chi connectivity index (χ1) is 10.6. The van der Waals surface area contributed by atoms with Gasteiger partial charge in [-0.2, -0.15) is 0 Å². The second-order valence-electron chi connectivity index (χ2n) is 4.66. The molecule has 0 unspecified atom stereocenters. The smallest absolute Gasteiger partial charge is 0.407 e. The molecule has 0 atom stereocenters. The highest BCUT2D eigenvalue weighted by atomic mass is 16.5. The zero-order valence-corrected chi connectivity index (χ0v) is 12.0. The van der Waals surface area contributed by atoms with E-state index in [1.807, 2.05) is 30.3 Å². The van der Waals surface area contributed by atoms with Gasteiger partial charge in [-0.15, -0.1) is 0 Å². The van der Waals surface area contributed by atoms with Crippen molar-refractivity contribution in [3.8, 4) is 5.75 Å². The average Bonchev–Trinajstić information content (AvgIpc) is 2.52. The summed E-state index contributed by atoms with van der Waals surface area (Å²) >= 11 is 0. The van der Waals surface area contributed by atoms with Crippen LogP contribution >= 0.6 is 0 Å². The van der Waals surface area contributed by atoms with Gasteiger partial charge >= 0.3 is 6.09 Å². The van der Waals surface area contributed by atoms with E-state index >= 15 is 0 Å². The van der Waals surface area contributed by atoms with Crippen molar-refractivity contribution in [3.63, 3.8) is 0 Å². The first-order valence-corrected chi connectivity index (χ1v) is 6.85. The summed E-state index contributed by atoms with van der Waals surface area (Å²) in [6, 6.07) is 14.2. The number of aromatic hydroxyl groups is 1. The molecule has 2 aromatic carbocycles. The van der Waals surface area contributed by atoms with Crippen LogP contribution in [0, 0.1) is 0 Å². The van der Waals surface area contributed by atoms with Crippen LogP contribution in [-0.2, 0) is 11.3 Å². The Kier molecular flexibility index (Phi) is 5.43. The Balaban J connectivity index is 1.73. The molecule has 2 rings (SSSR count). The first-order valence-electron chi connectivity index (χ1n) is 6.85. The summed E-state index contributed by atoms with van der Waals surface area (Å²) in [5.74, 6) is 0.122. The largest absolute Gasteiger partial charge is 0.508 e. The number of phenols is 1. The standard InChI is InChI=1S/C17H18N2O3/c18-16-11-15(20)9-8-14(16)7-4-10-19-17(21)22-12-13-5-2-1-3-6-13/h1-9,11,20H,10,12,18H2,(H,19,21). The molecule has 5 heteroatoms. The predicted molar refractivity (Wildman–Crippen MR) is 86.2 cm³/mol. The summed E-state index contributed by atoms with van der Waals surface area (Å²) in [7, 11) is 0. The molecule has 0 spiro atoms. The lowest BCUT2D eigenvalue weighted by Gasteiger charge is -2.05. The lowest BCUT2D eigenvalue weighted by molar-refractivity contribution is 0.141. The molecule has 0 aliphatic rings. The number of nitrogens with one attached hydrogen (secondary N) is 1. The molecule has 2 aromatic rings. The van der Waals surface area contributed by atoms with Gasteiger partial charge in [-0.05, 0) is 23.3 Å². The number of nitrogen functional groups attached to an aromatic ring is 1. The lowest BCUT2D eigenvalue weighted by Crippen LogP contribution is -2.24. The molecule has 0 aromatic heterocycles. The van der Waals surface area contributed by atoms with Crippen LogP contribution < -0.4 is 11.1 Å². The topological polar surface area (TPSA) is 84.6 Å². The highest BCUT2D eigenvalue weighted by Crippen LogP contribution is 2.19. The Morgan fingerprint density at radius 3 is 2.73 bits per heavy atom. The van der Waals surface area contributed by atoms with E-state index in [0.29, 0.717) is 12.2 Å². The lowest BCUT2D eigenvalue weighted by atomic mass is 10.1. The molecule has 0 aliphatic carbocycles. The number of carbonyl (C=O) groups is 1. The van der Waals surface area contributed by atoms with Crippen LogP contribution in [0.2, 0.25) is 0 Å². The first kappa shape index (κ1) is 15.4. The molecule has 4 N–H and O–H groups in total. The zero-order valence-electron chi connectivity index (χ0n) is 12.0. The van der Waals surface area contributed by atoms with E-state index in [4.69, 9.17) is 10.5 Å². The van der Waals surface area contributed by atoms with Crippen molar-refractivity contribution in [2.24, 2.45) is 0 Å². The van der Waals surface area contributed by atoms with Gasteiger partial charge in [-0.3, -0.25) is 0 Å². The number of hydrogen-bond acceptors (Lipinski definition) is 4. The Labute approximate surface area is 129 Å². The van der Waals surface area contributed by atoms with E-state index < -0.39 is 6.09 Å². The predicted octanol–water partition coefficient (Wildman–Crippen LogP) is 2.91. The Morgan fingerprint density at radius 1 is 1.23 bits per heavy atom. The summed E-state index contributed by atoms with van der Waals surface area (Å²) < 4.78 is 5.08. The molecular weight excluding hydrogens is 280 g/mol. The third-order valence-electron chi connectivity index (χ3n) is 2.94. The van der Waals surface area contributed by atoms with Gasteiger partial charge in [0.2, 0.25) is 0 Å². The van der Waals surface area contributed by atoms with Crippen LogP contribution in [0.4, 0.5) is 10.5 Å². The van der Waals surface area contributed by atoms with Crippen molar-refractivity contribution in [3.05, 3.63) is 65.7 Å². The maximum Gasteiger partial charge on any atom is 0.407 e. The molecule has 114 valence electrons. The van der Waals surface area contributed by atoms with Crippen molar-refractivity contribution in [2.45, 2.75) is 6.61 Å². The molecule has 0 saturated heterocycles. The molecular formula is C17H18N2O3. The number of benzene rings is 2. The van der Waals surface area contributed by atoms with Crippen molar-refractivity contribution >= 4 is 17.9 Å². The van der Waals surface area contributed by atoms with Crippen molar-refractivity contribution in [1.29, 1.82) is 0 Å². The molecule has 0 fully saturated rings. The summed E-state index contributed by atoms with van der Waals surface area (Å²) in [6.45, 7) is 0.565. The SMILES string of the molecule is Nc1cc(O)ccc1C=CCNC(=O)OCc1ccccc1. The van der Waals surface area contributed by atoms with E-state index in [1.165, 1.54) is 6.07 Å². The number of phenolic OH excluding ortho intramolecular Hbond substituents is 1. The molecule has 0 saturated carbocycles. The average molecular weight is 298 g/mol. The number of nitrogens with two attached hydrogens (primary N) is 1. The van der Waals surface area contributed by atoms with Crippen LogP contribution in [0.5, 0.6) is 5.75 Å².